The van der Waals surface area contributed by atoms with Crippen molar-refractivity contribution in [1.29, 1.82) is 10.5 Å². The number of hydrogen-bond acceptors (Lipinski definition) is 3. The second kappa shape index (κ2) is 5.33. The van der Waals surface area contributed by atoms with Gasteiger partial charge >= 0.3 is 0 Å². The van der Waals surface area contributed by atoms with Crippen molar-refractivity contribution in [2.75, 3.05) is 0 Å². The topological polar surface area (TPSA) is 67.8 Å². The summed E-state index contributed by atoms with van der Waals surface area (Å²) in [5.41, 5.74) is 0.784. The molecular formula is C10H4I2N2O. The van der Waals surface area contributed by atoms with Gasteiger partial charge in [-0.25, -0.2) is 0 Å². The van der Waals surface area contributed by atoms with Crippen molar-refractivity contribution in [2.45, 2.75) is 0 Å². The molecule has 0 aromatic heterocycles. The third-order valence-electron chi connectivity index (χ3n) is 1.59. The summed E-state index contributed by atoms with van der Waals surface area (Å²) in [7, 11) is 0. The molecule has 0 spiro atoms. The van der Waals surface area contributed by atoms with E-state index in [0.29, 0.717) is 7.14 Å². The highest BCUT2D eigenvalue weighted by atomic mass is 127. The number of rotatable bonds is 1. The van der Waals surface area contributed by atoms with Gasteiger partial charge in [0.25, 0.3) is 0 Å². The van der Waals surface area contributed by atoms with E-state index in [9.17, 15) is 5.11 Å². The molecule has 0 aliphatic carbocycles. The second-order valence-electron chi connectivity index (χ2n) is 2.61. The van der Waals surface area contributed by atoms with Crippen molar-refractivity contribution in [1.82, 2.24) is 0 Å². The number of benzene rings is 1. The molecule has 0 fully saturated rings. The van der Waals surface area contributed by atoms with Gasteiger partial charge in [-0.15, -0.1) is 0 Å². The largest absolute Gasteiger partial charge is 0.506 e. The minimum atomic E-state index is 0.0484. The van der Waals surface area contributed by atoms with Crippen LogP contribution in [0.5, 0.6) is 5.75 Å². The van der Waals surface area contributed by atoms with Crippen LogP contribution in [0, 0.1) is 29.8 Å². The van der Waals surface area contributed by atoms with Crippen LogP contribution in [-0.4, -0.2) is 5.11 Å². The molecule has 74 valence electrons. The lowest BCUT2D eigenvalue weighted by Crippen LogP contribution is -1.83. The van der Waals surface area contributed by atoms with E-state index in [4.69, 9.17) is 10.5 Å². The number of nitriles is 2. The molecule has 0 aliphatic rings. The zero-order chi connectivity index (χ0) is 11.4. The lowest BCUT2D eigenvalue weighted by Gasteiger charge is -2.01. The van der Waals surface area contributed by atoms with Crippen LogP contribution in [0.15, 0.2) is 17.7 Å². The normalized spacial score (nSPS) is 8.80. The van der Waals surface area contributed by atoms with Gasteiger partial charge in [-0.2, -0.15) is 10.5 Å². The highest BCUT2D eigenvalue weighted by Crippen LogP contribution is 2.28. The number of phenols is 1. The Morgan fingerprint density at radius 1 is 1.20 bits per heavy atom. The van der Waals surface area contributed by atoms with Crippen LogP contribution in [0.1, 0.15) is 5.56 Å². The quantitative estimate of drug-likeness (QED) is 0.559. The van der Waals surface area contributed by atoms with Gasteiger partial charge in [0.05, 0.1) is 7.14 Å². The van der Waals surface area contributed by atoms with E-state index < -0.39 is 0 Å². The predicted molar refractivity (Wildman–Crippen MR) is 72.7 cm³/mol. The van der Waals surface area contributed by atoms with Gasteiger partial charge in [0.1, 0.15) is 23.5 Å². The lowest BCUT2D eigenvalue weighted by atomic mass is 10.1. The summed E-state index contributed by atoms with van der Waals surface area (Å²) in [6.45, 7) is 0. The maximum absolute atomic E-state index is 9.51. The molecule has 0 bridgehead atoms. The molecule has 1 aromatic carbocycles. The first kappa shape index (κ1) is 12.3. The summed E-state index contributed by atoms with van der Waals surface area (Å²) in [6, 6.07) is 7.00. The highest BCUT2D eigenvalue weighted by Gasteiger charge is 2.05. The first-order valence-electron chi connectivity index (χ1n) is 3.78. The van der Waals surface area contributed by atoms with Crippen molar-refractivity contribution in [3.63, 3.8) is 0 Å². The summed E-state index contributed by atoms with van der Waals surface area (Å²) in [5.74, 6) is 0.226. The Morgan fingerprint density at radius 3 is 2.07 bits per heavy atom. The predicted octanol–water partition coefficient (Wildman–Crippen LogP) is 3.03. The van der Waals surface area contributed by atoms with Crippen LogP contribution in [0.2, 0.25) is 0 Å². The van der Waals surface area contributed by atoms with Crippen molar-refractivity contribution in [2.24, 2.45) is 0 Å². The minimum absolute atomic E-state index is 0.0484. The maximum atomic E-state index is 9.51. The average Bonchev–Trinajstić information content (AvgIpc) is 2.22. The first-order valence-corrected chi connectivity index (χ1v) is 5.94. The van der Waals surface area contributed by atoms with Crippen molar-refractivity contribution >= 4 is 51.3 Å². The second-order valence-corrected chi connectivity index (χ2v) is 4.94. The van der Waals surface area contributed by atoms with E-state index in [0.717, 1.165) is 5.56 Å². The standard InChI is InChI=1S/C10H4I2N2O/c11-8-2-6(1-7(4-13)5-14)3-9(12)10(8)15/h1-3,15H. The molecule has 3 nitrogen and oxygen atoms in total. The maximum Gasteiger partial charge on any atom is 0.142 e. The number of aromatic hydroxyl groups is 1. The van der Waals surface area contributed by atoms with Gasteiger partial charge in [0.2, 0.25) is 0 Å². The molecule has 0 saturated carbocycles. The molecule has 1 rings (SSSR count). The van der Waals surface area contributed by atoms with E-state index >= 15 is 0 Å². The van der Waals surface area contributed by atoms with Crippen molar-refractivity contribution in [3.8, 4) is 17.9 Å². The van der Waals surface area contributed by atoms with Gasteiger partial charge in [-0.3, -0.25) is 0 Å². The molecule has 15 heavy (non-hydrogen) atoms. The van der Waals surface area contributed by atoms with Crippen LogP contribution >= 0.6 is 45.2 Å². The van der Waals surface area contributed by atoms with Gasteiger partial charge in [0, 0.05) is 0 Å². The first-order chi connectivity index (χ1) is 7.08. The van der Waals surface area contributed by atoms with Crippen LogP contribution in [0.3, 0.4) is 0 Å². The summed E-state index contributed by atoms with van der Waals surface area (Å²) in [6.07, 6.45) is 1.49. The molecule has 0 aliphatic heterocycles. The zero-order valence-electron chi connectivity index (χ0n) is 7.33. The minimum Gasteiger partial charge on any atom is -0.506 e. The Kier molecular flexibility index (Phi) is 4.36. The summed E-state index contributed by atoms with van der Waals surface area (Å²) in [4.78, 5) is 0. The molecule has 0 unspecified atom stereocenters. The Labute approximate surface area is 114 Å². The Morgan fingerprint density at radius 2 is 1.67 bits per heavy atom. The molecule has 0 saturated heterocycles. The van der Waals surface area contributed by atoms with E-state index in [2.05, 4.69) is 0 Å². The summed E-state index contributed by atoms with van der Waals surface area (Å²) in [5, 5.41) is 26.7. The van der Waals surface area contributed by atoms with Gasteiger partial charge in [-0.1, -0.05) is 0 Å². The summed E-state index contributed by atoms with van der Waals surface area (Å²) >= 11 is 3.99. The summed E-state index contributed by atoms with van der Waals surface area (Å²) < 4.78 is 1.39. The van der Waals surface area contributed by atoms with Gasteiger partial charge in [-0.05, 0) is 69.0 Å². The number of phenolic OH excluding ortho intramolecular Hbond substituents is 1. The molecule has 0 heterocycles. The number of hydrogen-bond donors (Lipinski definition) is 1. The van der Waals surface area contributed by atoms with Gasteiger partial charge in [0.15, 0.2) is 0 Å². The third kappa shape index (κ3) is 3.08. The molecule has 1 N–H and O–H groups in total. The van der Waals surface area contributed by atoms with Crippen molar-refractivity contribution in [3.05, 3.63) is 30.4 Å². The Bertz CT molecular complexity index is 470. The van der Waals surface area contributed by atoms with E-state index in [1.54, 1.807) is 24.3 Å². The molecular weight excluding hydrogens is 418 g/mol. The Hall–Kier alpha value is -0.800. The number of nitrogens with zero attached hydrogens (tertiary/aromatic N) is 2. The fraction of sp³-hybridized carbons (Fsp3) is 0. The zero-order valence-corrected chi connectivity index (χ0v) is 11.6. The smallest absolute Gasteiger partial charge is 0.142 e. The fourth-order valence-corrected chi connectivity index (χ4v) is 2.74. The van der Waals surface area contributed by atoms with Crippen LogP contribution in [-0.2, 0) is 0 Å². The molecule has 0 radical (unpaired) electrons. The van der Waals surface area contributed by atoms with E-state index in [1.807, 2.05) is 45.2 Å². The van der Waals surface area contributed by atoms with Crippen LogP contribution in [0.25, 0.3) is 6.08 Å². The third-order valence-corrected chi connectivity index (χ3v) is 3.24. The van der Waals surface area contributed by atoms with Crippen LogP contribution < -0.4 is 0 Å². The van der Waals surface area contributed by atoms with Crippen molar-refractivity contribution < 1.29 is 5.11 Å². The highest BCUT2D eigenvalue weighted by molar-refractivity contribution is 14.1. The van der Waals surface area contributed by atoms with Crippen LogP contribution in [0.4, 0.5) is 0 Å². The lowest BCUT2D eigenvalue weighted by molar-refractivity contribution is 0.467. The van der Waals surface area contributed by atoms with Gasteiger partial charge < -0.3 is 5.11 Å². The number of allylic oxidation sites excluding steroid dienone is 1. The molecule has 0 atom stereocenters. The molecule has 0 amide bonds. The molecule has 5 heteroatoms. The molecule has 1 aromatic rings. The monoisotopic (exact) mass is 422 g/mol. The average molecular weight is 422 g/mol. The van der Waals surface area contributed by atoms with E-state index in [1.165, 1.54) is 6.08 Å². The Balaban J connectivity index is 3.26. The fourth-order valence-electron chi connectivity index (χ4n) is 0.925. The van der Waals surface area contributed by atoms with E-state index in [-0.39, 0.29) is 11.3 Å². The SMILES string of the molecule is N#CC(C#N)=Cc1cc(I)c(O)c(I)c1. The number of halogens is 2.